The molecule has 0 radical (unpaired) electrons. The van der Waals surface area contributed by atoms with Crippen molar-refractivity contribution >= 4 is 5.82 Å². The summed E-state index contributed by atoms with van der Waals surface area (Å²) in [4.78, 5) is 11.3. The van der Waals surface area contributed by atoms with Crippen molar-refractivity contribution in [1.29, 1.82) is 0 Å². The van der Waals surface area contributed by atoms with Gasteiger partial charge in [-0.1, -0.05) is 13.8 Å². The van der Waals surface area contributed by atoms with E-state index in [0.717, 1.165) is 49.8 Å². The summed E-state index contributed by atoms with van der Waals surface area (Å²) in [6, 6.07) is 1.98. The fraction of sp³-hybridized carbons (Fsp3) is 0.733. The molecule has 0 spiro atoms. The summed E-state index contributed by atoms with van der Waals surface area (Å²) in [5, 5.41) is 13.3. The molecule has 1 fully saturated rings. The molecule has 0 bridgehead atoms. The molecule has 1 aliphatic rings. The largest absolute Gasteiger partial charge is 0.392 e. The topological polar surface area (TPSA) is 61.3 Å². The van der Waals surface area contributed by atoms with Crippen LogP contribution in [0, 0.1) is 12.8 Å². The fourth-order valence-corrected chi connectivity index (χ4v) is 2.50. The van der Waals surface area contributed by atoms with Gasteiger partial charge in [-0.05, 0) is 32.2 Å². The van der Waals surface area contributed by atoms with Gasteiger partial charge in [-0.15, -0.1) is 0 Å². The Morgan fingerprint density at radius 2 is 2.25 bits per heavy atom. The van der Waals surface area contributed by atoms with Gasteiger partial charge in [-0.25, -0.2) is 9.97 Å². The normalized spacial score (nSPS) is 23.8. The van der Waals surface area contributed by atoms with Crippen molar-refractivity contribution < 1.29 is 5.11 Å². The molecule has 2 rings (SSSR count). The highest BCUT2D eigenvalue weighted by Gasteiger charge is 2.24. The smallest absolute Gasteiger partial charge is 0.144 e. The minimum Gasteiger partial charge on any atom is -0.392 e. The number of β-amino-alcohol motifs (C(OH)–C–C–N with tert-alkyl or cyclic N) is 1. The molecule has 0 aliphatic carbocycles. The van der Waals surface area contributed by atoms with Crippen molar-refractivity contribution in [2.45, 2.75) is 46.3 Å². The minimum absolute atomic E-state index is 0.230. The molecular formula is C15H26N4O. The summed E-state index contributed by atoms with van der Waals surface area (Å²) in [6.07, 6.45) is 1.88. The molecule has 112 valence electrons. The van der Waals surface area contributed by atoms with E-state index in [0.29, 0.717) is 12.5 Å². The van der Waals surface area contributed by atoms with Crippen LogP contribution in [0.25, 0.3) is 0 Å². The highest BCUT2D eigenvalue weighted by atomic mass is 16.3. The number of hydrogen-bond donors (Lipinski definition) is 2. The van der Waals surface area contributed by atoms with E-state index in [9.17, 15) is 5.11 Å². The van der Waals surface area contributed by atoms with Gasteiger partial charge in [0.1, 0.15) is 11.6 Å². The van der Waals surface area contributed by atoms with Crippen molar-refractivity contribution in [3.8, 4) is 0 Å². The van der Waals surface area contributed by atoms with Crippen molar-refractivity contribution in [2.24, 2.45) is 5.92 Å². The molecule has 5 nitrogen and oxygen atoms in total. The highest BCUT2D eigenvalue weighted by Crippen LogP contribution is 2.18. The van der Waals surface area contributed by atoms with E-state index in [1.165, 1.54) is 0 Å². The summed E-state index contributed by atoms with van der Waals surface area (Å²) in [6.45, 7) is 9.61. The number of nitrogens with one attached hydrogen (secondary N) is 1. The van der Waals surface area contributed by atoms with Gasteiger partial charge in [-0.3, -0.25) is 4.90 Å². The zero-order valence-electron chi connectivity index (χ0n) is 12.8. The van der Waals surface area contributed by atoms with E-state index in [-0.39, 0.29) is 6.10 Å². The maximum Gasteiger partial charge on any atom is 0.144 e. The second kappa shape index (κ2) is 6.99. The summed E-state index contributed by atoms with van der Waals surface area (Å²) < 4.78 is 0. The number of aromatic nitrogens is 2. The second-order valence-electron chi connectivity index (χ2n) is 5.81. The summed E-state index contributed by atoms with van der Waals surface area (Å²) in [7, 11) is 0. The Hall–Kier alpha value is -1.20. The van der Waals surface area contributed by atoms with Gasteiger partial charge in [-0.2, -0.15) is 0 Å². The molecule has 20 heavy (non-hydrogen) atoms. The number of nitrogens with zero attached hydrogens (tertiary/aromatic N) is 3. The van der Waals surface area contributed by atoms with Crippen molar-refractivity contribution in [2.75, 3.05) is 25.0 Å². The second-order valence-corrected chi connectivity index (χ2v) is 5.81. The van der Waals surface area contributed by atoms with Crippen molar-refractivity contribution in [1.82, 2.24) is 14.9 Å². The number of aliphatic hydroxyl groups is 1. The fourth-order valence-electron chi connectivity index (χ4n) is 2.50. The third-order valence-corrected chi connectivity index (χ3v) is 3.82. The first-order valence-electron chi connectivity index (χ1n) is 7.57. The zero-order chi connectivity index (χ0) is 14.5. The van der Waals surface area contributed by atoms with Crippen LogP contribution in [0.3, 0.4) is 0 Å². The first-order chi connectivity index (χ1) is 9.58. The Balaban J connectivity index is 1.99. The maximum absolute atomic E-state index is 9.96. The molecule has 1 aromatic rings. The van der Waals surface area contributed by atoms with Gasteiger partial charge in [0.05, 0.1) is 12.6 Å². The van der Waals surface area contributed by atoms with Gasteiger partial charge >= 0.3 is 0 Å². The van der Waals surface area contributed by atoms with Crippen molar-refractivity contribution in [3.05, 3.63) is 17.6 Å². The van der Waals surface area contributed by atoms with E-state index in [1.54, 1.807) is 0 Å². The predicted octanol–water partition coefficient (Wildman–Crippen LogP) is 1.81. The molecule has 1 aliphatic heterocycles. The van der Waals surface area contributed by atoms with Gasteiger partial charge in [0.25, 0.3) is 0 Å². The lowest BCUT2D eigenvalue weighted by Gasteiger charge is -2.33. The predicted molar refractivity (Wildman–Crippen MR) is 80.6 cm³/mol. The highest BCUT2D eigenvalue weighted by molar-refractivity contribution is 5.35. The van der Waals surface area contributed by atoms with Crippen LogP contribution < -0.4 is 5.32 Å². The Labute approximate surface area is 121 Å². The number of anilines is 1. The van der Waals surface area contributed by atoms with E-state index in [4.69, 9.17) is 0 Å². The number of rotatable bonds is 5. The lowest BCUT2D eigenvalue weighted by Crippen LogP contribution is -2.42. The first-order valence-corrected chi connectivity index (χ1v) is 7.57. The molecule has 0 aromatic carbocycles. The van der Waals surface area contributed by atoms with Gasteiger partial charge < -0.3 is 10.4 Å². The average molecular weight is 278 g/mol. The van der Waals surface area contributed by atoms with Crippen LogP contribution in [0.4, 0.5) is 5.82 Å². The molecule has 1 saturated heterocycles. The standard InChI is InChI=1S/C15H26N4O/c1-4-6-16-14-8-12(3)17-15(18-14)10-19-7-5-11(2)13(20)9-19/h8,11,13,20H,4-7,9-10H2,1-3H3,(H,16,17,18). The molecular weight excluding hydrogens is 252 g/mol. The minimum atomic E-state index is -0.230. The monoisotopic (exact) mass is 278 g/mol. The maximum atomic E-state index is 9.96. The van der Waals surface area contributed by atoms with Gasteiger partial charge in [0.2, 0.25) is 0 Å². The van der Waals surface area contributed by atoms with E-state index in [2.05, 4.69) is 34.0 Å². The van der Waals surface area contributed by atoms with Crippen LogP contribution >= 0.6 is 0 Å². The summed E-state index contributed by atoms with van der Waals surface area (Å²) >= 11 is 0. The van der Waals surface area contributed by atoms with Crippen molar-refractivity contribution in [3.63, 3.8) is 0 Å². The average Bonchev–Trinajstić information content (AvgIpc) is 2.40. The lowest BCUT2D eigenvalue weighted by atomic mass is 9.96. The number of hydrogen-bond acceptors (Lipinski definition) is 5. The molecule has 0 amide bonds. The Morgan fingerprint density at radius 3 is 2.95 bits per heavy atom. The summed E-state index contributed by atoms with van der Waals surface area (Å²) in [5.41, 5.74) is 0.986. The number of likely N-dealkylation sites (tertiary alicyclic amines) is 1. The molecule has 2 atom stereocenters. The lowest BCUT2D eigenvalue weighted by molar-refractivity contribution is 0.0249. The van der Waals surface area contributed by atoms with Crippen LogP contribution in [0.15, 0.2) is 6.07 Å². The van der Waals surface area contributed by atoms with Crippen LogP contribution in [0.2, 0.25) is 0 Å². The summed E-state index contributed by atoms with van der Waals surface area (Å²) in [5.74, 6) is 2.14. The van der Waals surface area contributed by atoms with Gasteiger partial charge in [0, 0.05) is 24.8 Å². The first kappa shape index (κ1) is 15.2. The van der Waals surface area contributed by atoms with E-state index in [1.807, 2.05) is 13.0 Å². The molecule has 1 aromatic heterocycles. The van der Waals surface area contributed by atoms with E-state index >= 15 is 0 Å². The quantitative estimate of drug-likeness (QED) is 0.860. The Morgan fingerprint density at radius 1 is 1.45 bits per heavy atom. The Kier molecular flexibility index (Phi) is 5.31. The third kappa shape index (κ3) is 4.15. The number of aryl methyl sites for hydroxylation is 1. The number of piperidine rings is 1. The molecule has 2 N–H and O–H groups in total. The van der Waals surface area contributed by atoms with Crippen LogP contribution in [-0.2, 0) is 6.54 Å². The van der Waals surface area contributed by atoms with E-state index < -0.39 is 0 Å². The molecule has 5 heteroatoms. The van der Waals surface area contributed by atoms with Crippen LogP contribution in [0.1, 0.15) is 38.2 Å². The SMILES string of the molecule is CCCNc1cc(C)nc(CN2CCC(C)C(O)C2)n1. The zero-order valence-corrected chi connectivity index (χ0v) is 12.8. The molecule has 2 heterocycles. The number of aliphatic hydroxyl groups excluding tert-OH is 1. The molecule has 0 saturated carbocycles. The molecule has 2 unspecified atom stereocenters. The van der Waals surface area contributed by atoms with Gasteiger partial charge in [0.15, 0.2) is 0 Å². The Bertz CT molecular complexity index is 438. The van der Waals surface area contributed by atoms with Crippen LogP contribution in [-0.4, -0.2) is 45.7 Å². The third-order valence-electron chi connectivity index (χ3n) is 3.82. The van der Waals surface area contributed by atoms with Crippen LogP contribution in [0.5, 0.6) is 0 Å².